The van der Waals surface area contributed by atoms with Crippen molar-refractivity contribution < 1.29 is 0 Å². The highest BCUT2D eigenvalue weighted by Crippen LogP contribution is 2.34. The van der Waals surface area contributed by atoms with Crippen LogP contribution in [0.25, 0.3) is 0 Å². The van der Waals surface area contributed by atoms with E-state index in [4.69, 9.17) is 0 Å². The molecule has 0 aliphatic heterocycles. The van der Waals surface area contributed by atoms with E-state index in [0.29, 0.717) is 0 Å². The van der Waals surface area contributed by atoms with E-state index in [9.17, 15) is 0 Å². The van der Waals surface area contributed by atoms with E-state index in [-0.39, 0.29) is 0 Å². The Hall–Kier alpha value is -0.340. The Labute approximate surface area is 128 Å². The van der Waals surface area contributed by atoms with Crippen LogP contribution in [-0.4, -0.2) is 6.04 Å². The van der Waals surface area contributed by atoms with Crippen LogP contribution in [0.4, 0.5) is 0 Å². The Kier molecular flexibility index (Phi) is 4.52. The lowest BCUT2D eigenvalue weighted by atomic mass is 9.74. The van der Waals surface area contributed by atoms with Crippen LogP contribution in [-0.2, 0) is 19.4 Å². The number of rotatable bonds is 4. The van der Waals surface area contributed by atoms with Gasteiger partial charge in [-0.3, -0.25) is 0 Å². The molecule has 2 aliphatic carbocycles. The van der Waals surface area contributed by atoms with Gasteiger partial charge in [0.25, 0.3) is 0 Å². The van der Waals surface area contributed by atoms with Crippen molar-refractivity contribution in [3.05, 3.63) is 21.4 Å². The van der Waals surface area contributed by atoms with E-state index in [1.165, 1.54) is 38.5 Å². The minimum Gasteiger partial charge on any atom is -0.309 e. The van der Waals surface area contributed by atoms with Crippen molar-refractivity contribution in [1.82, 2.24) is 5.32 Å². The van der Waals surface area contributed by atoms with Crippen molar-refractivity contribution in [3.63, 3.8) is 0 Å². The minimum absolute atomic E-state index is 0.732. The maximum atomic E-state index is 3.90. The first-order chi connectivity index (χ1) is 9.63. The van der Waals surface area contributed by atoms with Gasteiger partial charge in [0.2, 0.25) is 0 Å². The monoisotopic (exact) mass is 291 g/mol. The Morgan fingerprint density at radius 3 is 2.90 bits per heavy atom. The minimum atomic E-state index is 0.732. The maximum absolute atomic E-state index is 3.90. The first kappa shape index (κ1) is 14.6. The third kappa shape index (κ3) is 3.12. The van der Waals surface area contributed by atoms with Gasteiger partial charge in [-0.2, -0.15) is 0 Å². The smallest absolute Gasteiger partial charge is 0.0302 e. The molecule has 3 unspecified atom stereocenters. The molecular formula is C18H29NS. The molecule has 0 bridgehead atoms. The van der Waals surface area contributed by atoms with Crippen LogP contribution >= 0.6 is 11.3 Å². The topological polar surface area (TPSA) is 12.0 Å². The fourth-order valence-electron chi connectivity index (χ4n) is 4.15. The average molecular weight is 292 g/mol. The van der Waals surface area contributed by atoms with E-state index >= 15 is 0 Å². The Morgan fingerprint density at radius 2 is 2.15 bits per heavy atom. The summed E-state index contributed by atoms with van der Waals surface area (Å²) in [4.78, 5) is 3.23. The molecule has 1 N–H and O–H groups in total. The second-order valence-corrected chi connectivity index (χ2v) is 8.55. The normalized spacial score (nSPS) is 29.9. The number of nitrogens with one attached hydrogen (secondary N) is 1. The number of hydrogen-bond donors (Lipinski definition) is 1. The SMILES string of the molecule is CC1CCC(C(C)C)C(NCc2cc3c(s2)CCC3)C1. The molecular weight excluding hydrogens is 262 g/mol. The number of thiophene rings is 1. The van der Waals surface area contributed by atoms with E-state index in [1.807, 2.05) is 0 Å². The Morgan fingerprint density at radius 1 is 1.30 bits per heavy atom. The molecule has 112 valence electrons. The van der Waals surface area contributed by atoms with Crippen LogP contribution in [0.3, 0.4) is 0 Å². The predicted octanol–water partition coefficient (Wildman–Crippen LogP) is 4.79. The molecule has 2 aliphatic rings. The molecule has 0 aromatic carbocycles. The molecule has 3 rings (SSSR count). The van der Waals surface area contributed by atoms with Gasteiger partial charge in [-0.25, -0.2) is 0 Å². The fraction of sp³-hybridized carbons (Fsp3) is 0.778. The molecule has 1 fully saturated rings. The molecule has 0 spiro atoms. The van der Waals surface area contributed by atoms with E-state index in [2.05, 4.69) is 43.5 Å². The van der Waals surface area contributed by atoms with E-state index in [0.717, 1.165) is 30.3 Å². The van der Waals surface area contributed by atoms with Gasteiger partial charge in [0.15, 0.2) is 0 Å². The zero-order chi connectivity index (χ0) is 14.1. The van der Waals surface area contributed by atoms with Crippen LogP contribution in [0.5, 0.6) is 0 Å². The maximum Gasteiger partial charge on any atom is 0.0302 e. The zero-order valence-corrected chi connectivity index (χ0v) is 14.1. The van der Waals surface area contributed by atoms with Gasteiger partial charge >= 0.3 is 0 Å². The summed E-state index contributed by atoms with van der Waals surface area (Å²) in [5.41, 5.74) is 1.64. The van der Waals surface area contributed by atoms with Gasteiger partial charge in [0, 0.05) is 22.3 Å². The highest BCUT2D eigenvalue weighted by Gasteiger charge is 2.30. The van der Waals surface area contributed by atoms with Crippen molar-refractivity contribution in [2.45, 2.75) is 71.9 Å². The molecule has 0 radical (unpaired) electrons. The fourth-order valence-corrected chi connectivity index (χ4v) is 5.36. The summed E-state index contributed by atoms with van der Waals surface area (Å²) in [6.45, 7) is 8.31. The van der Waals surface area contributed by atoms with Crippen LogP contribution in [0.2, 0.25) is 0 Å². The van der Waals surface area contributed by atoms with Crippen LogP contribution in [0, 0.1) is 17.8 Å². The van der Waals surface area contributed by atoms with Crippen molar-refractivity contribution in [2.75, 3.05) is 0 Å². The standard InChI is InChI=1S/C18H29NS/c1-12(2)16-8-7-13(3)9-17(16)19-11-15-10-14-5-4-6-18(14)20-15/h10,12-13,16-17,19H,4-9,11H2,1-3H3. The second kappa shape index (κ2) is 6.19. The lowest BCUT2D eigenvalue weighted by Crippen LogP contribution is -2.42. The highest BCUT2D eigenvalue weighted by molar-refractivity contribution is 7.12. The summed E-state index contributed by atoms with van der Waals surface area (Å²) in [6, 6.07) is 3.20. The molecule has 0 amide bonds. The van der Waals surface area contributed by atoms with Gasteiger partial charge in [0.1, 0.15) is 0 Å². The van der Waals surface area contributed by atoms with Crippen molar-refractivity contribution >= 4 is 11.3 Å². The lowest BCUT2D eigenvalue weighted by molar-refractivity contribution is 0.169. The zero-order valence-electron chi connectivity index (χ0n) is 13.2. The summed E-state index contributed by atoms with van der Waals surface area (Å²) < 4.78 is 0. The third-order valence-electron chi connectivity index (χ3n) is 5.36. The lowest BCUT2D eigenvalue weighted by Gasteiger charge is -2.38. The summed E-state index contributed by atoms with van der Waals surface area (Å²) in [5, 5.41) is 3.90. The average Bonchev–Trinajstić information content (AvgIpc) is 2.96. The predicted molar refractivity (Wildman–Crippen MR) is 88.3 cm³/mol. The summed E-state index contributed by atoms with van der Waals surface area (Å²) in [5.74, 6) is 2.59. The highest BCUT2D eigenvalue weighted by atomic mass is 32.1. The summed E-state index contributed by atoms with van der Waals surface area (Å²) >= 11 is 2.06. The van der Waals surface area contributed by atoms with E-state index in [1.54, 1.807) is 15.3 Å². The first-order valence-corrected chi connectivity index (χ1v) is 9.29. The number of fused-ring (bicyclic) bond motifs is 1. The van der Waals surface area contributed by atoms with Crippen LogP contribution in [0.1, 0.15) is 61.8 Å². The van der Waals surface area contributed by atoms with Crippen molar-refractivity contribution in [3.8, 4) is 0 Å². The number of hydrogen-bond acceptors (Lipinski definition) is 2. The van der Waals surface area contributed by atoms with Gasteiger partial charge in [-0.15, -0.1) is 11.3 Å². The van der Waals surface area contributed by atoms with Crippen LogP contribution in [0.15, 0.2) is 6.07 Å². The third-order valence-corrected chi connectivity index (χ3v) is 6.60. The molecule has 1 nitrogen and oxygen atoms in total. The second-order valence-electron chi connectivity index (χ2n) is 7.33. The summed E-state index contributed by atoms with van der Waals surface area (Å²) in [6.07, 6.45) is 8.24. The summed E-state index contributed by atoms with van der Waals surface area (Å²) in [7, 11) is 0. The molecule has 0 saturated heterocycles. The Balaban J connectivity index is 1.60. The largest absolute Gasteiger partial charge is 0.309 e. The van der Waals surface area contributed by atoms with Gasteiger partial charge in [0.05, 0.1) is 0 Å². The molecule has 1 aromatic heterocycles. The molecule has 20 heavy (non-hydrogen) atoms. The molecule has 1 heterocycles. The number of aryl methyl sites for hydroxylation is 2. The van der Waals surface area contributed by atoms with Gasteiger partial charge < -0.3 is 5.32 Å². The molecule has 2 heteroatoms. The van der Waals surface area contributed by atoms with Crippen LogP contribution < -0.4 is 5.32 Å². The van der Waals surface area contributed by atoms with Gasteiger partial charge in [-0.05, 0) is 61.5 Å². The molecule has 1 saturated carbocycles. The quantitative estimate of drug-likeness (QED) is 0.841. The molecule has 1 aromatic rings. The molecule has 3 atom stereocenters. The van der Waals surface area contributed by atoms with Crippen molar-refractivity contribution in [2.24, 2.45) is 17.8 Å². The van der Waals surface area contributed by atoms with Crippen molar-refractivity contribution in [1.29, 1.82) is 0 Å². The van der Waals surface area contributed by atoms with E-state index < -0.39 is 0 Å². The first-order valence-electron chi connectivity index (χ1n) is 8.47. The Bertz CT molecular complexity index is 427. The van der Waals surface area contributed by atoms with Gasteiger partial charge in [-0.1, -0.05) is 27.2 Å².